The SMILES string of the molecule is CC(=O)c1cc(Cl)c(OCC2(C#N)C3CC4CC(C3)CC2C4)cc1F. The van der Waals surface area contributed by atoms with Crippen LogP contribution in [0.4, 0.5) is 4.39 Å². The summed E-state index contributed by atoms with van der Waals surface area (Å²) in [5.41, 5.74) is -0.533. The maximum absolute atomic E-state index is 14.1. The van der Waals surface area contributed by atoms with Crippen LogP contribution in [-0.4, -0.2) is 12.4 Å². The highest BCUT2D eigenvalue weighted by atomic mass is 35.5. The molecule has 5 rings (SSSR count). The highest BCUT2D eigenvalue weighted by Gasteiger charge is 2.58. The number of hydrogen-bond donors (Lipinski definition) is 0. The quantitative estimate of drug-likeness (QED) is 0.707. The van der Waals surface area contributed by atoms with Gasteiger partial charge in [0.25, 0.3) is 0 Å². The van der Waals surface area contributed by atoms with Crippen LogP contribution >= 0.6 is 11.6 Å². The first-order valence-corrected chi connectivity index (χ1v) is 9.34. The second kappa shape index (κ2) is 5.99. The van der Waals surface area contributed by atoms with Crippen molar-refractivity contribution in [1.82, 2.24) is 0 Å². The van der Waals surface area contributed by atoms with Crippen LogP contribution in [0.15, 0.2) is 12.1 Å². The molecule has 0 spiro atoms. The molecule has 0 aliphatic heterocycles. The van der Waals surface area contributed by atoms with Crippen LogP contribution in [0.1, 0.15) is 49.4 Å². The summed E-state index contributed by atoms with van der Waals surface area (Å²) in [5.74, 6) is 1.47. The zero-order chi connectivity index (χ0) is 17.8. The molecule has 1 aromatic carbocycles. The minimum absolute atomic E-state index is 0.0398. The molecule has 0 unspecified atom stereocenters. The van der Waals surface area contributed by atoms with E-state index in [1.54, 1.807) is 0 Å². The van der Waals surface area contributed by atoms with Gasteiger partial charge in [-0.2, -0.15) is 5.26 Å². The molecule has 0 radical (unpaired) electrons. The Morgan fingerprint density at radius 2 is 1.88 bits per heavy atom. The van der Waals surface area contributed by atoms with E-state index in [-0.39, 0.29) is 28.7 Å². The van der Waals surface area contributed by atoms with Gasteiger partial charge in [-0.15, -0.1) is 0 Å². The van der Waals surface area contributed by atoms with Crippen LogP contribution in [-0.2, 0) is 0 Å². The Morgan fingerprint density at radius 3 is 2.40 bits per heavy atom. The van der Waals surface area contributed by atoms with Crippen molar-refractivity contribution in [3.63, 3.8) is 0 Å². The third-order valence-corrected chi connectivity index (χ3v) is 6.97. The normalized spacial score (nSPS) is 35.4. The third kappa shape index (κ3) is 2.64. The van der Waals surface area contributed by atoms with E-state index >= 15 is 0 Å². The molecule has 0 heterocycles. The van der Waals surface area contributed by atoms with Crippen LogP contribution in [0.25, 0.3) is 0 Å². The number of hydrogen-bond acceptors (Lipinski definition) is 3. The molecule has 0 N–H and O–H groups in total. The summed E-state index contributed by atoms with van der Waals surface area (Å²) >= 11 is 6.18. The molecule has 4 bridgehead atoms. The predicted octanol–water partition coefficient (Wildman–Crippen LogP) is 5.03. The number of benzene rings is 1. The van der Waals surface area contributed by atoms with Crippen LogP contribution < -0.4 is 4.74 Å². The summed E-state index contributed by atoms with van der Waals surface area (Å²) in [6.45, 7) is 1.55. The van der Waals surface area contributed by atoms with Gasteiger partial charge in [0.05, 0.1) is 22.1 Å². The number of carbonyl (C=O) groups excluding carboxylic acids is 1. The fourth-order valence-electron chi connectivity index (χ4n) is 5.58. The number of nitrogens with zero attached hydrogens (tertiary/aromatic N) is 1. The lowest BCUT2D eigenvalue weighted by Crippen LogP contribution is -2.54. The average Bonchev–Trinajstić information content (AvgIpc) is 2.56. The van der Waals surface area contributed by atoms with E-state index in [9.17, 15) is 14.4 Å². The second-order valence-electron chi connectivity index (χ2n) is 8.06. The zero-order valence-corrected chi connectivity index (χ0v) is 15.0. The van der Waals surface area contributed by atoms with Crippen molar-refractivity contribution in [1.29, 1.82) is 5.26 Å². The van der Waals surface area contributed by atoms with Gasteiger partial charge in [0.1, 0.15) is 18.2 Å². The van der Waals surface area contributed by atoms with E-state index < -0.39 is 11.2 Å². The van der Waals surface area contributed by atoms with E-state index in [2.05, 4.69) is 6.07 Å². The van der Waals surface area contributed by atoms with Crippen molar-refractivity contribution in [3.05, 3.63) is 28.5 Å². The highest BCUT2D eigenvalue weighted by Crippen LogP contribution is 2.62. The van der Waals surface area contributed by atoms with Gasteiger partial charge in [0, 0.05) is 6.07 Å². The molecule has 0 atom stereocenters. The van der Waals surface area contributed by atoms with Gasteiger partial charge in [0.2, 0.25) is 0 Å². The van der Waals surface area contributed by atoms with E-state index in [0.29, 0.717) is 11.8 Å². The fourth-order valence-corrected chi connectivity index (χ4v) is 5.80. The average molecular weight is 362 g/mol. The molecule has 0 saturated heterocycles. The standard InChI is InChI=1S/C20H21ClFNO2/c1-11(24)16-7-17(21)19(8-18(16)22)25-10-20(9-23)14-3-12-2-13(5-14)6-15(20)4-12/h7-8,12-15H,2-6,10H2,1H3. The molecule has 1 aromatic rings. The Kier molecular flexibility index (Phi) is 4.03. The molecule has 0 aromatic heterocycles. The highest BCUT2D eigenvalue weighted by molar-refractivity contribution is 6.32. The second-order valence-corrected chi connectivity index (χ2v) is 8.47. The van der Waals surface area contributed by atoms with Gasteiger partial charge in [-0.1, -0.05) is 11.6 Å². The first-order chi connectivity index (χ1) is 11.9. The molecule has 0 amide bonds. The molecule has 4 aliphatic rings. The first kappa shape index (κ1) is 16.8. The molecule has 4 aliphatic carbocycles. The van der Waals surface area contributed by atoms with E-state index in [1.165, 1.54) is 25.5 Å². The predicted molar refractivity (Wildman–Crippen MR) is 92.0 cm³/mol. The fraction of sp³-hybridized carbons (Fsp3) is 0.600. The van der Waals surface area contributed by atoms with Crippen molar-refractivity contribution in [2.45, 2.75) is 39.0 Å². The summed E-state index contributed by atoms with van der Waals surface area (Å²) in [6.07, 6.45) is 5.74. The Bertz CT molecular complexity index is 742. The van der Waals surface area contributed by atoms with Gasteiger partial charge < -0.3 is 4.74 Å². The van der Waals surface area contributed by atoms with Gasteiger partial charge in [-0.05, 0) is 68.8 Å². The Labute approximate surface area is 152 Å². The maximum atomic E-state index is 14.1. The smallest absolute Gasteiger partial charge is 0.162 e. The molecule has 132 valence electrons. The molecule has 4 saturated carbocycles. The van der Waals surface area contributed by atoms with Crippen molar-refractivity contribution in [2.24, 2.45) is 29.1 Å². The van der Waals surface area contributed by atoms with Gasteiger partial charge in [0.15, 0.2) is 5.78 Å². The largest absolute Gasteiger partial charge is 0.490 e. The lowest BCUT2D eigenvalue weighted by atomic mass is 9.46. The van der Waals surface area contributed by atoms with Gasteiger partial charge >= 0.3 is 0 Å². The minimum atomic E-state index is -0.636. The molecule has 4 fully saturated rings. The monoisotopic (exact) mass is 361 g/mol. The number of nitriles is 1. The van der Waals surface area contributed by atoms with E-state index in [0.717, 1.165) is 37.5 Å². The number of rotatable bonds is 4. The molecule has 3 nitrogen and oxygen atoms in total. The molecule has 5 heteroatoms. The number of ketones is 1. The van der Waals surface area contributed by atoms with Crippen LogP contribution in [0, 0.1) is 46.2 Å². The van der Waals surface area contributed by atoms with Crippen molar-refractivity contribution >= 4 is 17.4 Å². The molecule has 25 heavy (non-hydrogen) atoms. The first-order valence-electron chi connectivity index (χ1n) is 8.97. The van der Waals surface area contributed by atoms with E-state index in [1.807, 2.05) is 0 Å². The number of Topliss-reactive ketones (excluding diaryl/α,β-unsaturated/α-hetero) is 1. The lowest BCUT2D eigenvalue weighted by molar-refractivity contribution is -0.0942. The Hall–Kier alpha value is -1.60. The summed E-state index contributed by atoms with van der Waals surface area (Å²) in [5, 5.41) is 10.2. The van der Waals surface area contributed by atoms with Gasteiger partial charge in [-0.3, -0.25) is 4.79 Å². The zero-order valence-electron chi connectivity index (χ0n) is 14.2. The number of carbonyl (C=O) groups is 1. The van der Waals surface area contributed by atoms with Crippen molar-refractivity contribution < 1.29 is 13.9 Å². The van der Waals surface area contributed by atoms with E-state index in [4.69, 9.17) is 16.3 Å². The number of halogens is 2. The summed E-state index contributed by atoms with van der Waals surface area (Å²) < 4.78 is 20.0. The maximum Gasteiger partial charge on any atom is 0.162 e. The van der Waals surface area contributed by atoms with Crippen molar-refractivity contribution in [3.8, 4) is 11.8 Å². The molecular weight excluding hydrogens is 341 g/mol. The molecular formula is C20H21ClFNO2. The van der Waals surface area contributed by atoms with Gasteiger partial charge in [-0.25, -0.2) is 4.39 Å². The van der Waals surface area contributed by atoms with Crippen molar-refractivity contribution in [2.75, 3.05) is 6.61 Å². The summed E-state index contributed by atoms with van der Waals surface area (Å²) in [7, 11) is 0. The lowest BCUT2D eigenvalue weighted by Gasteiger charge is -2.58. The third-order valence-electron chi connectivity index (χ3n) is 6.67. The summed E-state index contributed by atoms with van der Waals surface area (Å²) in [4.78, 5) is 11.4. The van der Waals surface area contributed by atoms with Crippen LogP contribution in [0.3, 0.4) is 0 Å². The Balaban J connectivity index is 1.57. The topological polar surface area (TPSA) is 50.1 Å². The summed E-state index contributed by atoms with van der Waals surface area (Å²) in [6, 6.07) is 5.06. The Morgan fingerprint density at radius 1 is 1.28 bits per heavy atom. The van der Waals surface area contributed by atoms with Crippen LogP contribution in [0.5, 0.6) is 5.75 Å². The van der Waals surface area contributed by atoms with Crippen LogP contribution in [0.2, 0.25) is 5.02 Å². The number of ether oxygens (including phenoxy) is 1. The minimum Gasteiger partial charge on any atom is -0.490 e.